The Hall–Kier alpha value is -2.50. The van der Waals surface area contributed by atoms with Crippen LogP contribution in [0, 0.1) is 0 Å². The van der Waals surface area contributed by atoms with E-state index in [4.69, 9.17) is 4.52 Å². The molecular formula is C10H7N5O. The van der Waals surface area contributed by atoms with Gasteiger partial charge in [0.15, 0.2) is 0 Å². The van der Waals surface area contributed by atoms with E-state index in [1.807, 2.05) is 24.3 Å². The van der Waals surface area contributed by atoms with E-state index in [1.165, 1.54) is 0 Å². The average Bonchev–Trinajstić information content (AvgIpc) is 3.03. The first-order valence-electron chi connectivity index (χ1n) is 4.68. The second-order valence-electron chi connectivity index (χ2n) is 3.19. The number of nitrogens with zero attached hydrogens (tertiary/aromatic N) is 5. The summed E-state index contributed by atoms with van der Waals surface area (Å²) < 4.78 is 6.39. The standard InChI is InChI=1S/C10H7N5O/c1-2-8(10-4-5-16-12-10)6-9(3-1)15-7-11-13-14-15/h1-7H. The highest BCUT2D eigenvalue weighted by Crippen LogP contribution is 2.19. The summed E-state index contributed by atoms with van der Waals surface area (Å²) in [5, 5.41) is 14.9. The van der Waals surface area contributed by atoms with Crippen LogP contribution in [0.4, 0.5) is 0 Å². The van der Waals surface area contributed by atoms with E-state index < -0.39 is 0 Å². The van der Waals surface area contributed by atoms with Crippen molar-refractivity contribution in [3.05, 3.63) is 42.9 Å². The molecule has 6 heteroatoms. The lowest BCUT2D eigenvalue weighted by Gasteiger charge is -2.00. The molecule has 0 aliphatic carbocycles. The van der Waals surface area contributed by atoms with Crippen molar-refractivity contribution in [3.63, 3.8) is 0 Å². The molecule has 16 heavy (non-hydrogen) atoms. The molecule has 0 fully saturated rings. The van der Waals surface area contributed by atoms with Crippen LogP contribution in [0.1, 0.15) is 0 Å². The van der Waals surface area contributed by atoms with Crippen LogP contribution >= 0.6 is 0 Å². The molecule has 0 radical (unpaired) electrons. The van der Waals surface area contributed by atoms with Gasteiger partial charge < -0.3 is 4.52 Å². The number of hydrogen-bond acceptors (Lipinski definition) is 5. The molecule has 0 N–H and O–H groups in total. The maximum atomic E-state index is 4.80. The molecule has 0 aliphatic rings. The fourth-order valence-corrected chi connectivity index (χ4v) is 1.45. The second-order valence-corrected chi connectivity index (χ2v) is 3.19. The van der Waals surface area contributed by atoms with Gasteiger partial charge in [-0.3, -0.25) is 0 Å². The summed E-state index contributed by atoms with van der Waals surface area (Å²) in [4.78, 5) is 0. The minimum Gasteiger partial charge on any atom is -0.364 e. The fourth-order valence-electron chi connectivity index (χ4n) is 1.45. The molecule has 2 heterocycles. The largest absolute Gasteiger partial charge is 0.364 e. The Kier molecular flexibility index (Phi) is 1.96. The number of aromatic nitrogens is 5. The van der Waals surface area contributed by atoms with Crippen LogP contribution in [0.3, 0.4) is 0 Å². The predicted molar refractivity (Wildman–Crippen MR) is 54.7 cm³/mol. The van der Waals surface area contributed by atoms with Gasteiger partial charge in [-0.25, -0.2) is 4.68 Å². The minimum atomic E-state index is 0.787. The van der Waals surface area contributed by atoms with Crippen LogP contribution in [0.5, 0.6) is 0 Å². The lowest BCUT2D eigenvalue weighted by molar-refractivity contribution is 0.422. The molecule has 2 aromatic heterocycles. The molecule has 0 amide bonds. The van der Waals surface area contributed by atoms with Crippen molar-refractivity contribution in [2.75, 3.05) is 0 Å². The van der Waals surface area contributed by atoms with Gasteiger partial charge in [-0.15, -0.1) is 5.10 Å². The molecular weight excluding hydrogens is 206 g/mol. The van der Waals surface area contributed by atoms with Crippen molar-refractivity contribution in [2.45, 2.75) is 0 Å². The highest BCUT2D eigenvalue weighted by molar-refractivity contribution is 5.61. The van der Waals surface area contributed by atoms with Crippen molar-refractivity contribution >= 4 is 0 Å². The van der Waals surface area contributed by atoms with Crippen LogP contribution in [-0.4, -0.2) is 25.4 Å². The zero-order valence-electron chi connectivity index (χ0n) is 8.19. The summed E-state index contributed by atoms with van der Waals surface area (Å²) in [6.45, 7) is 0. The van der Waals surface area contributed by atoms with Gasteiger partial charge in [-0.1, -0.05) is 17.3 Å². The smallest absolute Gasteiger partial charge is 0.143 e. The lowest BCUT2D eigenvalue weighted by atomic mass is 10.1. The van der Waals surface area contributed by atoms with Gasteiger partial charge in [0.25, 0.3) is 0 Å². The van der Waals surface area contributed by atoms with Gasteiger partial charge in [0, 0.05) is 11.6 Å². The molecule has 1 aromatic carbocycles. The summed E-state index contributed by atoms with van der Waals surface area (Å²) in [6.07, 6.45) is 3.08. The quantitative estimate of drug-likeness (QED) is 0.642. The van der Waals surface area contributed by atoms with Crippen molar-refractivity contribution in [2.24, 2.45) is 0 Å². The second kappa shape index (κ2) is 3.58. The Morgan fingerprint density at radius 3 is 2.94 bits per heavy atom. The van der Waals surface area contributed by atoms with Crippen LogP contribution in [0.25, 0.3) is 16.9 Å². The number of hydrogen-bond donors (Lipinski definition) is 0. The van der Waals surface area contributed by atoms with E-state index in [-0.39, 0.29) is 0 Å². The third kappa shape index (κ3) is 1.46. The summed E-state index contributed by atoms with van der Waals surface area (Å²) in [5.41, 5.74) is 2.63. The van der Waals surface area contributed by atoms with E-state index in [2.05, 4.69) is 20.7 Å². The highest BCUT2D eigenvalue weighted by atomic mass is 16.5. The zero-order valence-corrected chi connectivity index (χ0v) is 8.19. The molecule has 0 atom stereocenters. The van der Waals surface area contributed by atoms with Crippen molar-refractivity contribution < 1.29 is 4.52 Å². The Labute approximate surface area is 90.5 Å². The van der Waals surface area contributed by atoms with Gasteiger partial charge in [-0.05, 0) is 22.6 Å². The third-order valence-electron chi connectivity index (χ3n) is 2.19. The minimum absolute atomic E-state index is 0.787. The Morgan fingerprint density at radius 1 is 1.19 bits per heavy atom. The maximum Gasteiger partial charge on any atom is 0.143 e. The molecule has 0 bridgehead atoms. The van der Waals surface area contributed by atoms with E-state index in [9.17, 15) is 0 Å². The summed E-state index contributed by atoms with van der Waals surface area (Å²) in [5.74, 6) is 0. The zero-order chi connectivity index (χ0) is 10.8. The topological polar surface area (TPSA) is 69.6 Å². The Bertz CT molecular complexity index is 524. The Morgan fingerprint density at radius 2 is 2.19 bits per heavy atom. The van der Waals surface area contributed by atoms with Crippen molar-refractivity contribution in [1.29, 1.82) is 0 Å². The van der Waals surface area contributed by atoms with Crippen LogP contribution in [0.2, 0.25) is 0 Å². The maximum absolute atomic E-state index is 4.80. The van der Waals surface area contributed by atoms with Crippen LogP contribution < -0.4 is 0 Å². The molecule has 0 saturated carbocycles. The van der Waals surface area contributed by atoms with Crippen molar-refractivity contribution in [1.82, 2.24) is 25.4 Å². The van der Waals surface area contributed by atoms with Gasteiger partial charge in [0.2, 0.25) is 0 Å². The predicted octanol–water partition coefficient (Wildman–Crippen LogP) is 1.32. The monoisotopic (exact) mass is 213 g/mol. The fraction of sp³-hybridized carbons (Fsp3) is 0. The molecule has 3 aromatic rings. The molecule has 3 rings (SSSR count). The SMILES string of the molecule is c1cc(-c2ccon2)cc(-n2cnnn2)c1. The van der Waals surface area contributed by atoms with Gasteiger partial charge in [-0.2, -0.15) is 0 Å². The Balaban J connectivity index is 2.07. The molecule has 6 nitrogen and oxygen atoms in total. The lowest BCUT2D eigenvalue weighted by Crippen LogP contribution is -1.94. The first-order valence-corrected chi connectivity index (χ1v) is 4.68. The molecule has 0 aliphatic heterocycles. The first-order chi connectivity index (χ1) is 7.93. The van der Waals surface area contributed by atoms with Gasteiger partial charge in [0.05, 0.1) is 5.69 Å². The van der Waals surface area contributed by atoms with E-state index in [0.717, 1.165) is 16.9 Å². The van der Waals surface area contributed by atoms with Crippen LogP contribution in [0.15, 0.2) is 47.4 Å². The summed E-state index contributed by atoms with van der Waals surface area (Å²) in [6, 6.07) is 9.53. The van der Waals surface area contributed by atoms with Gasteiger partial charge in [0.1, 0.15) is 18.3 Å². The molecule has 0 unspecified atom stereocenters. The average molecular weight is 213 g/mol. The van der Waals surface area contributed by atoms with E-state index in [1.54, 1.807) is 23.3 Å². The van der Waals surface area contributed by atoms with Crippen LogP contribution in [-0.2, 0) is 0 Å². The highest BCUT2D eigenvalue weighted by Gasteiger charge is 2.03. The summed E-state index contributed by atoms with van der Waals surface area (Å²) in [7, 11) is 0. The molecule has 0 spiro atoms. The van der Waals surface area contributed by atoms with E-state index >= 15 is 0 Å². The number of benzene rings is 1. The summed E-state index contributed by atoms with van der Waals surface area (Å²) >= 11 is 0. The van der Waals surface area contributed by atoms with Gasteiger partial charge >= 0.3 is 0 Å². The normalized spacial score (nSPS) is 10.5. The third-order valence-corrected chi connectivity index (χ3v) is 2.19. The first kappa shape index (κ1) is 8.78. The number of tetrazole rings is 1. The van der Waals surface area contributed by atoms with Crippen molar-refractivity contribution in [3.8, 4) is 16.9 Å². The number of rotatable bonds is 2. The molecule has 78 valence electrons. The molecule has 0 saturated heterocycles. The van der Waals surface area contributed by atoms with E-state index in [0.29, 0.717) is 0 Å².